The molecule has 2 heterocycles. The van der Waals surface area contributed by atoms with Crippen LogP contribution < -0.4 is 5.73 Å². The Labute approximate surface area is 133 Å². The Kier molecular flexibility index (Phi) is 3.83. The number of hydrogen-bond donors (Lipinski definition) is 1. The first-order valence-corrected chi connectivity index (χ1v) is 7.44. The minimum atomic E-state index is -0.395. The number of aromatic nitrogens is 2. The van der Waals surface area contributed by atoms with Crippen molar-refractivity contribution in [1.29, 1.82) is 0 Å². The van der Waals surface area contributed by atoms with Crippen molar-refractivity contribution in [2.24, 2.45) is 5.73 Å². The molecule has 0 fully saturated rings. The minimum Gasteiger partial charge on any atom is -0.330 e. The number of benzene rings is 1. The highest BCUT2D eigenvalue weighted by Gasteiger charge is 2.17. The van der Waals surface area contributed by atoms with Gasteiger partial charge in [-0.05, 0) is 32.0 Å². The molecule has 0 saturated heterocycles. The van der Waals surface area contributed by atoms with Gasteiger partial charge in [-0.3, -0.25) is 14.5 Å². The van der Waals surface area contributed by atoms with Crippen molar-refractivity contribution in [2.45, 2.75) is 20.3 Å². The van der Waals surface area contributed by atoms with E-state index in [1.807, 2.05) is 26.0 Å². The summed E-state index contributed by atoms with van der Waals surface area (Å²) in [7, 11) is 0. The number of imidazole rings is 1. The van der Waals surface area contributed by atoms with Crippen LogP contribution in [0.25, 0.3) is 16.9 Å². The third-order valence-corrected chi connectivity index (χ3v) is 3.90. The quantitative estimate of drug-likeness (QED) is 0.593. The predicted molar refractivity (Wildman–Crippen MR) is 89.5 cm³/mol. The van der Waals surface area contributed by atoms with E-state index < -0.39 is 4.92 Å². The summed E-state index contributed by atoms with van der Waals surface area (Å²) in [6, 6.07) is 9.31. The molecule has 0 bridgehead atoms. The van der Waals surface area contributed by atoms with Crippen molar-refractivity contribution in [1.82, 2.24) is 9.38 Å². The van der Waals surface area contributed by atoms with E-state index in [0.29, 0.717) is 18.6 Å². The average Bonchev–Trinajstić information content (AvgIpc) is 2.85. The normalized spacial score (nSPS) is 11.1. The zero-order valence-corrected chi connectivity index (χ0v) is 13.1. The first kappa shape index (κ1) is 15.2. The Balaban J connectivity index is 2.32. The zero-order valence-electron chi connectivity index (χ0n) is 13.1. The molecule has 23 heavy (non-hydrogen) atoms. The molecule has 0 radical (unpaired) electrons. The van der Waals surface area contributed by atoms with Crippen LogP contribution in [0.2, 0.25) is 0 Å². The number of hydrogen-bond acceptors (Lipinski definition) is 4. The zero-order chi connectivity index (χ0) is 16.6. The topological polar surface area (TPSA) is 86.5 Å². The van der Waals surface area contributed by atoms with Crippen LogP contribution in [0, 0.1) is 24.0 Å². The first-order chi connectivity index (χ1) is 11.0. The van der Waals surface area contributed by atoms with E-state index >= 15 is 0 Å². The highest BCUT2D eigenvalue weighted by Crippen LogP contribution is 2.30. The Morgan fingerprint density at radius 3 is 2.70 bits per heavy atom. The molecule has 2 N–H and O–H groups in total. The summed E-state index contributed by atoms with van der Waals surface area (Å²) in [4.78, 5) is 15.3. The second kappa shape index (κ2) is 5.81. The summed E-state index contributed by atoms with van der Waals surface area (Å²) in [5, 5.41) is 11.1. The van der Waals surface area contributed by atoms with E-state index in [2.05, 4.69) is 11.1 Å². The van der Waals surface area contributed by atoms with Gasteiger partial charge in [-0.1, -0.05) is 23.8 Å². The largest absolute Gasteiger partial charge is 0.330 e. The van der Waals surface area contributed by atoms with Crippen LogP contribution >= 0.6 is 0 Å². The van der Waals surface area contributed by atoms with Gasteiger partial charge in [-0.15, -0.1) is 0 Å². The maximum Gasteiger partial charge on any atom is 0.286 e. The molecular formula is C17H18N4O2. The van der Waals surface area contributed by atoms with Crippen molar-refractivity contribution in [2.75, 3.05) is 6.54 Å². The second-order valence-corrected chi connectivity index (χ2v) is 5.64. The molecule has 2 aromatic heterocycles. The molecular weight excluding hydrogens is 292 g/mol. The molecule has 3 rings (SSSR count). The van der Waals surface area contributed by atoms with Gasteiger partial charge in [0, 0.05) is 18.1 Å². The van der Waals surface area contributed by atoms with Gasteiger partial charge >= 0.3 is 0 Å². The van der Waals surface area contributed by atoms with E-state index in [1.165, 1.54) is 17.8 Å². The summed E-state index contributed by atoms with van der Waals surface area (Å²) in [6.45, 7) is 4.55. The van der Waals surface area contributed by atoms with Crippen LogP contribution in [0.4, 0.5) is 5.69 Å². The number of pyridine rings is 1. The van der Waals surface area contributed by atoms with Crippen LogP contribution in [-0.4, -0.2) is 20.9 Å². The number of fused-ring (bicyclic) bond motifs is 1. The molecule has 0 aliphatic carbocycles. The third kappa shape index (κ3) is 2.68. The molecule has 0 spiro atoms. The maximum atomic E-state index is 11.1. The molecule has 118 valence electrons. The number of rotatable bonds is 4. The van der Waals surface area contributed by atoms with Crippen LogP contribution in [0.5, 0.6) is 0 Å². The fourth-order valence-corrected chi connectivity index (χ4v) is 2.87. The average molecular weight is 310 g/mol. The Hall–Kier alpha value is -2.73. The van der Waals surface area contributed by atoms with E-state index in [9.17, 15) is 10.1 Å². The summed E-state index contributed by atoms with van der Waals surface area (Å²) in [5.41, 5.74) is 11.5. The second-order valence-electron chi connectivity index (χ2n) is 5.64. The van der Waals surface area contributed by atoms with Gasteiger partial charge in [0.1, 0.15) is 5.65 Å². The highest BCUT2D eigenvalue weighted by molar-refractivity contribution is 5.71. The van der Waals surface area contributed by atoms with E-state index in [1.54, 1.807) is 10.5 Å². The molecule has 1 aromatic carbocycles. The van der Waals surface area contributed by atoms with Crippen molar-refractivity contribution in [3.63, 3.8) is 0 Å². The predicted octanol–water partition coefficient (Wildman–Crippen LogP) is 3.03. The fraction of sp³-hybridized carbons (Fsp3) is 0.235. The number of aryl methyl sites for hydroxylation is 2. The summed E-state index contributed by atoms with van der Waals surface area (Å²) in [6.07, 6.45) is 2.15. The monoisotopic (exact) mass is 310 g/mol. The van der Waals surface area contributed by atoms with Crippen molar-refractivity contribution < 1.29 is 4.92 Å². The van der Waals surface area contributed by atoms with Gasteiger partial charge in [0.2, 0.25) is 0 Å². The third-order valence-electron chi connectivity index (χ3n) is 3.90. The van der Waals surface area contributed by atoms with Crippen LogP contribution in [0.3, 0.4) is 0 Å². The fourth-order valence-electron chi connectivity index (χ4n) is 2.87. The maximum absolute atomic E-state index is 11.1. The van der Waals surface area contributed by atoms with Gasteiger partial charge in [-0.25, -0.2) is 4.98 Å². The lowest BCUT2D eigenvalue weighted by Crippen LogP contribution is -2.05. The van der Waals surface area contributed by atoms with Crippen LogP contribution in [0.1, 0.15) is 16.8 Å². The van der Waals surface area contributed by atoms with Crippen molar-refractivity contribution in [3.05, 3.63) is 63.5 Å². The van der Waals surface area contributed by atoms with Crippen LogP contribution in [-0.2, 0) is 6.42 Å². The molecule has 6 heteroatoms. The van der Waals surface area contributed by atoms with E-state index in [-0.39, 0.29) is 5.69 Å². The highest BCUT2D eigenvalue weighted by atomic mass is 16.6. The summed E-state index contributed by atoms with van der Waals surface area (Å²) >= 11 is 0. The van der Waals surface area contributed by atoms with Crippen molar-refractivity contribution in [3.8, 4) is 11.3 Å². The number of nitrogens with zero attached hydrogens (tertiary/aromatic N) is 3. The van der Waals surface area contributed by atoms with Gasteiger partial charge < -0.3 is 5.73 Å². The van der Waals surface area contributed by atoms with E-state index in [0.717, 1.165) is 22.5 Å². The molecule has 0 amide bonds. The van der Waals surface area contributed by atoms with Gasteiger partial charge in [0.05, 0.1) is 22.5 Å². The van der Waals surface area contributed by atoms with Crippen LogP contribution in [0.15, 0.2) is 36.5 Å². The lowest BCUT2D eigenvalue weighted by molar-refractivity contribution is -0.385. The SMILES string of the molecule is Cc1ccc(-c2c(CCN)nc3ccc([N+](=O)[O-])cn23)c(C)c1. The molecule has 0 unspecified atom stereocenters. The molecule has 6 nitrogen and oxygen atoms in total. The Bertz CT molecular complexity index is 899. The molecule has 0 atom stereocenters. The lowest BCUT2D eigenvalue weighted by atomic mass is 10.0. The first-order valence-electron chi connectivity index (χ1n) is 7.44. The summed E-state index contributed by atoms with van der Waals surface area (Å²) < 4.78 is 1.79. The Morgan fingerprint density at radius 1 is 1.26 bits per heavy atom. The lowest BCUT2D eigenvalue weighted by Gasteiger charge is -2.09. The van der Waals surface area contributed by atoms with Gasteiger partial charge in [0.25, 0.3) is 5.69 Å². The molecule has 0 aliphatic heterocycles. The summed E-state index contributed by atoms with van der Waals surface area (Å²) in [5.74, 6) is 0. The number of nitrogens with two attached hydrogens (primary N) is 1. The van der Waals surface area contributed by atoms with Crippen molar-refractivity contribution >= 4 is 11.3 Å². The number of nitro groups is 1. The van der Waals surface area contributed by atoms with Gasteiger partial charge in [-0.2, -0.15) is 0 Å². The van der Waals surface area contributed by atoms with E-state index in [4.69, 9.17) is 5.73 Å². The minimum absolute atomic E-state index is 0.0419. The Morgan fingerprint density at radius 2 is 2.04 bits per heavy atom. The molecule has 0 aliphatic rings. The molecule has 3 aromatic rings. The standard InChI is InChI=1S/C17H18N4O2/c1-11-3-5-14(12(2)9-11)17-15(7-8-18)19-16-6-4-13(21(22)23)10-20(16)17/h3-6,9-10H,7-8,18H2,1-2H3. The smallest absolute Gasteiger partial charge is 0.286 e. The molecule has 0 saturated carbocycles. The van der Waals surface area contributed by atoms with Gasteiger partial charge in [0.15, 0.2) is 0 Å².